The van der Waals surface area contributed by atoms with Crippen molar-refractivity contribution in [2.45, 2.75) is 26.3 Å². The molecule has 0 aromatic rings. The van der Waals surface area contributed by atoms with Crippen LogP contribution in [0.3, 0.4) is 0 Å². The van der Waals surface area contributed by atoms with Gasteiger partial charge in [-0.05, 0) is 13.8 Å². The van der Waals surface area contributed by atoms with Gasteiger partial charge in [-0.3, -0.25) is 15.1 Å². The van der Waals surface area contributed by atoms with E-state index < -0.39 is 0 Å². The second-order valence-corrected chi connectivity index (χ2v) is 3.44. The van der Waals surface area contributed by atoms with E-state index in [1.54, 1.807) is 7.11 Å². The number of ether oxygens (including phenoxy) is 1. The lowest BCUT2D eigenvalue weighted by atomic mass is 10.3. The third kappa shape index (κ3) is 5.90. The number of methoxy groups -OCH3 is 1. The van der Waals surface area contributed by atoms with E-state index in [0.717, 1.165) is 6.54 Å². The van der Waals surface area contributed by atoms with Crippen molar-refractivity contribution in [1.82, 2.24) is 10.3 Å². The number of nitrogens with one attached hydrogen (secondary N) is 1. The number of hydrogen-bond donors (Lipinski definition) is 2. The summed E-state index contributed by atoms with van der Waals surface area (Å²) in [5.41, 5.74) is 2.12. The maximum absolute atomic E-state index is 10.9. The molecular formula is C9H21N3O2. The van der Waals surface area contributed by atoms with Gasteiger partial charge in [-0.2, -0.15) is 0 Å². The smallest absolute Gasteiger partial charge is 0.235 e. The monoisotopic (exact) mass is 203 g/mol. The summed E-state index contributed by atoms with van der Waals surface area (Å²) in [5.74, 6) is 4.86. The molecule has 0 aromatic heterocycles. The van der Waals surface area contributed by atoms with Crippen molar-refractivity contribution < 1.29 is 9.53 Å². The lowest BCUT2D eigenvalue weighted by molar-refractivity contribution is -0.121. The highest BCUT2D eigenvalue weighted by molar-refractivity contribution is 5.75. The Balaban J connectivity index is 3.78. The van der Waals surface area contributed by atoms with E-state index in [-0.39, 0.29) is 5.91 Å². The molecule has 5 nitrogen and oxygen atoms in total. The number of rotatable bonds is 7. The lowest BCUT2D eigenvalue weighted by Gasteiger charge is -2.25. The maximum Gasteiger partial charge on any atom is 0.235 e. The summed E-state index contributed by atoms with van der Waals surface area (Å²) in [6.45, 7) is 6.42. The highest BCUT2D eigenvalue weighted by atomic mass is 16.5. The van der Waals surface area contributed by atoms with E-state index in [0.29, 0.717) is 25.6 Å². The average Bonchev–Trinajstić information content (AvgIpc) is 2.16. The number of hydrazine groups is 1. The molecule has 3 N–H and O–H groups in total. The van der Waals surface area contributed by atoms with Crippen molar-refractivity contribution >= 4 is 5.91 Å². The molecule has 5 heteroatoms. The van der Waals surface area contributed by atoms with Crippen LogP contribution in [0.2, 0.25) is 0 Å². The van der Waals surface area contributed by atoms with Gasteiger partial charge in [0.15, 0.2) is 0 Å². The minimum Gasteiger partial charge on any atom is -0.383 e. The van der Waals surface area contributed by atoms with Crippen LogP contribution in [0, 0.1) is 0 Å². The first-order valence-corrected chi connectivity index (χ1v) is 4.84. The molecule has 0 rings (SSSR count). The molecule has 0 saturated carbocycles. The van der Waals surface area contributed by atoms with Gasteiger partial charge >= 0.3 is 0 Å². The van der Waals surface area contributed by atoms with Crippen molar-refractivity contribution in [3.05, 3.63) is 0 Å². The SMILES string of the molecule is COCCN(CCC(=O)NN)C(C)C. The molecule has 84 valence electrons. The molecule has 0 fully saturated rings. The zero-order valence-corrected chi connectivity index (χ0v) is 9.25. The van der Waals surface area contributed by atoms with Crippen LogP contribution < -0.4 is 11.3 Å². The summed E-state index contributed by atoms with van der Waals surface area (Å²) in [4.78, 5) is 13.1. The van der Waals surface area contributed by atoms with Gasteiger partial charge in [-0.15, -0.1) is 0 Å². The van der Waals surface area contributed by atoms with Crippen LogP contribution in [0.15, 0.2) is 0 Å². The van der Waals surface area contributed by atoms with E-state index in [1.165, 1.54) is 0 Å². The number of nitrogens with zero attached hydrogens (tertiary/aromatic N) is 1. The summed E-state index contributed by atoms with van der Waals surface area (Å²) < 4.78 is 4.99. The molecule has 0 unspecified atom stereocenters. The summed E-state index contributed by atoms with van der Waals surface area (Å²) >= 11 is 0. The number of amides is 1. The Bertz CT molecular complexity index is 162. The maximum atomic E-state index is 10.9. The molecule has 0 saturated heterocycles. The highest BCUT2D eigenvalue weighted by Crippen LogP contribution is 1.99. The predicted molar refractivity (Wildman–Crippen MR) is 55.5 cm³/mol. The Labute approximate surface area is 85.6 Å². The van der Waals surface area contributed by atoms with Crippen molar-refractivity contribution in [3.63, 3.8) is 0 Å². The molecule has 0 radical (unpaired) electrons. The molecule has 1 amide bonds. The number of carbonyl (C=O) groups is 1. The van der Waals surface area contributed by atoms with E-state index in [2.05, 4.69) is 24.2 Å². The van der Waals surface area contributed by atoms with E-state index >= 15 is 0 Å². The Morgan fingerprint density at radius 3 is 2.57 bits per heavy atom. The largest absolute Gasteiger partial charge is 0.383 e. The lowest BCUT2D eigenvalue weighted by Crippen LogP contribution is -2.38. The Morgan fingerprint density at radius 1 is 1.50 bits per heavy atom. The minimum absolute atomic E-state index is 0.131. The van der Waals surface area contributed by atoms with Crippen molar-refractivity contribution in [3.8, 4) is 0 Å². The molecule has 0 bridgehead atoms. The highest BCUT2D eigenvalue weighted by Gasteiger charge is 2.10. The first kappa shape index (κ1) is 13.4. The van der Waals surface area contributed by atoms with Crippen LogP contribution in [0.1, 0.15) is 20.3 Å². The van der Waals surface area contributed by atoms with Crippen molar-refractivity contribution in [2.24, 2.45) is 5.84 Å². The second kappa shape index (κ2) is 7.73. The first-order chi connectivity index (χ1) is 6.61. The summed E-state index contributed by atoms with van der Waals surface area (Å²) in [6.07, 6.45) is 0.429. The quantitative estimate of drug-likeness (QED) is 0.339. The standard InChI is InChI=1S/C9H21N3O2/c1-8(2)12(6-7-14-3)5-4-9(13)11-10/h8H,4-7,10H2,1-3H3,(H,11,13). The Hall–Kier alpha value is -0.650. The molecule has 0 aliphatic carbocycles. The zero-order chi connectivity index (χ0) is 11.0. The molecule has 0 aliphatic rings. The Morgan fingerprint density at radius 2 is 2.14 bits per heavy atom. The number of hydrogen-bond acceptors (Lipinski definition) is 4. The third-order valence-electron chi connectivity index (χ3n) is 2.10. The van der Waals surface area contributed by atoms with Gasteiger partial charge in [0.2, 0.25) is 5.91 Å². The normalized spacial score (nSPS) is 11.0. The first-order valence-electron chi connectivity index (χ1n) is 4.84. The van der Waals surface area contributed by atoms with Gasteiger partial charge < -0.3 is 4.74 Å². The van der Waals surface area contributed by atoms with Crippen LogP contribution in [0.25, 0.3) is 0 Å². The van der Waals surface area contributed by atoms with Gasteiger partial charge in [0, 0.05) is 32.7 Å². The summed E-state index contributed by atoms with van der Waals surface area (Å²) in [7, 11) is 1.67. The molecule has 0 aliphatic heterocycles. The van der Waals surface area contributed by atoms with E-state index in [4.69, 9.17) is 10.6 Å². The van der Waals surface area contributed by atoms with Crippen molar-refractivity contribution in [1.29, 1.82) is 0 Å². The van der Waals surface area contributed by atoms with Gasteiger partial charge in [0.1, 0.15) is 0 Å². The predicted octanol–water partition coefficient (Wildman–Crippen LogP) is -0.277. The molecule has 0 heterocycles. The van der Waals surface area contributed by atoms with E-state index in [9.17, 15) is 4.79 Å². The van der Waals surface area contributed by atoms with Gasteiger partial charge in [-0.1, -0.05) is 0 Å². The second-order valence-electron chi connectivity index (χ2n) is 3.44. The van der Waals surface area contributed by atoms with Crippen LogP contribution in [0.5, 0.6) is 0 Å². The summed E-state index contributed by atoms with van der Waals surface area (Å²) in [6, 6.07) is 0.413. The Kier molecular flexibility index (Phi) is 7.37. The number of nitrogens with two attached hydrogens (primary N) is 1. The molecule has 14 heavy (non-hydrogen) atoms. The van der Waals surface area contributed by atoms with Crippen molar-refractivity contribution in [2.75, 3.05) is 26.8 Å². The zero-order valence-electron chi connectivity index (χ0n) is 9.25. The van der Waals surface area contributed by atoms with E-state index in [1.807, 2.05) is 0 Å². The third-order valence-corrected chi connectivity index (χ3v) is 2.10. The molecule has 0 spiro atoms. The van der Waals surface area contributed by atoms with Gasteiger partial charge in [0.05, 0.1) is 6.61 Å². The van der Waals surface area contributed by atoms with Gasteiger partial charge in [-0.25, -0.2) is 5.84 Å². The molecule has 0 aromatic carbocycles. The van der Waals surface area contributed by atoms with Crippen LogP contribution >= 0.6 is 0 Å². The van der Waals surface area contributed by atoms with Crippen LogP contribution in [-0.4, -0.2) is 43.7 Å². The van der Waals surface area contributed by atoms with Gasteiger partial charge in [0.25, 0.3) is 0 Å². The molecular weight excluding hydrogens is 182 g/mol. The fourth-order valence-corrected chi connectivity index (χ4v) is 1.15. The number of carbonyl (C=O) groups excluding carboxylic acids is 1. The fourth-order valence-electron chi connectivity index (χ4n) is 1.15. The van der Waals surface area contributed by atoms with Crippen LogP contribution in [0.4, 0.5) is 0 Å². The topological polar surface area (TPSA) is 67.6 Å². The average molecular weight is 203 g/mol. The summed E-state index contributed by atoms with van der Waals surface area (Å²) in [5, 5.41) is 0. The fraction of sp³-hybridized carbons (Fsp3) is 0.889. The minimum atomic E-state index is -0.131. The van der Waals surface area contributed by atoms with Crippen LogP contribution in [-0.2, 0) is 9.53 Å². The molecule has 0 atom stereocenters.